The summed E-state index contributed by atoms with van der Waals surface area (Å²) in [4.78, 5) is 21.6. The first-order valence-electron chi connectivity index (χ1n) is 5.61. The first kappa shape index (κ1) is 15.9. The summed E-state index contributed by atoms with van der Waals surface area (Å²) in [5, 5.41) is 39.0. The minimum Gasteiger partial charge on any atom is -0.550 e. The first-order valence-corrected chi connectivity index (χ1v) is 5.61. The number of aliphatic hydroxyl groups excluding tert-OH is 2. The number of aliphatic hydroxyl groups is 2. The van der Waals surface area contributed by atoms with Crippen molar-refractivity contribution in [1.29, 1.82) is 0 Å². The molecule has 0 spiro atoms. The van der Waals surface area contributed by atoms with Crippen LogP contribution >= 0.6 is 0 Å². The fourth-order valence-corrected chi connectivity index (χ4v) is 1.86. The van der Waals surface area contributed by atoms with Gasteiger partial charge in [-0.25, -0.2) is 0 Å². The fraction of sp³-hybridized carbons (Fsp3) is 0.818. The van der Waals surface area contributed by atoms with Gasteiger partial charge in [0.1, 0.15) is 0 Å². The van der Waals surface area contributed by atoms with Gasteiger partial charge in [0.05, 0.1) is 0 Å². The Kier molecular flexibility index (Phi) is 7.49. The van der Waals surface area contributed by atoms with Crippen molar-refractivity contribution in [3.05, 3.63) is 0 Å². The molecule has 0 saturated heterocycles. The highest BCUT2D eigenvalue weighted by atomic mass is 16.4. The highest BCUT2D eigenvalue weighted by Gasteiger charge is 2.30. The monoisotopic (exact) mass is 246 g/mol. The predicted octanol–water partition coefficient (Wildman–Crippen LogP) is -2.20. The molecule has 0 aliphatic rings. The second-order valence-electron chi connectivity index (χ2n) is 4.09. The van der Waals surface area contributed by atoms with E-state index in [1.165, 1.54) is 0 Å². The zero-order valence-corrected chi connectivity index (χ0v) is 9.68. The Labute approximate surface area is 99.9 Å². The smallest absolute Gasteiger partial charge is 0.0476 e. The molecular weight excluding hydrogens is 228 g/mol. The fourth-order valence-electron chi connectivity index (χ4n) is 1.86. The Balaban J connectivity index is 4.68. The van der Waals surface area contributed by atoms with Crippen LogP contribution in [0.3, 0.4) is 0 Å². The largest absolute Gasteiger partial charge is 0.550 e. The third-order valence-corrected chi connectivity index (χ3v) is 2.87. The number of hydrogen-bond donors (Lipinski definition) is 2. The molecule has 17 heavy (non-hydrogen) atoms. The Morgan fingerprint density at radius 3 is 1.71 bits per heavy atom. The molecule has 2 N–H and O–H groups in total. The van der Waals surface area contributed by atoms with Crippen molar-refractivity contribution in [2.45, 2.75) is 38.5 Å². The Morgan fingerprint density at radius 1 is 0.941 bits per heavy atom. The SMILES string of the molecule is O=C([O-])CCC(CCCO)(CCCO)C(=O)[O-]. The van der Waals surface area contributed by atoms with E-state index in [2.05, 4.69) is 0 Å². The average molecular weight is 246 g/mol. The molecule has 0 unspecified atom stereocenters. The van der Waals surface area contributed by atoms with E-state index in [1.807, 2.05) is 0 Å². The summed E-state index contributed by atoms with van der Waals surface area (Å²) in [6.07, 6.45) is 0.319. The maximum atomic E-state index is 11.2. The third-order valence-electron chi connectivity index (χ3n) is 2.87. The van der Waals surface area contributed by atoms with Gasteiger partial charge < -0.3 is 30.0 Å². The highest BCUT2D eigenvalue weighted by Crippen LogP contribution is 2.34. The predicted molar refractivity (Wildman–Crippen MR) is 54.3 cm³/mol. The van der Waals surface area contributed by atoms with Crippen LogP contribution in [0, 0.1) is 5.41 Å². The topological polar surface area (TPSA) is 121 Å². The van der Waals surface area contributed by atoms with Gasteiger partial charge in [-0.05, 0) is 38.5 Å². The molecule has 0 atom stereocenters. The van der Waals surface area contributed by atoms with Crippen molar-refractivity contribution < 1.29 is 30.0 Å². The molecule has 0 saturated carbocycles. The molecule has 0 aromatic heterocycles. The van der Waals surface area contributed by atoms with Crippen LogP contribution in [0.1, 0.15) is 38.5 Å². The molecule has 0 radical (unpaired) electrons. The number of rotatable bonds is 10. The lowest BCUT2D eigenvalue weighted by atomic mass is 9.75. The van der Waals surface area contributed by atoms with Gasteiger partial charge in [0.2, 0.25) is 0 Å². The molecule has 0 rings (SSSR count). The van der Waals surface area contributed by atoms with Gasteiger partial charge in [-0.15, -0.1) is 0 Å². The second-order valence-corrected chi connectivity index (χ2v) is 4.09. The van der Waals surface area contributed by atoms with E-state index in [4.69, 9.17) is 10.2 Å². The van der Waals surface area contributed by atoms with E-state index in [-0.39, 0.29) is 51.7 Å². The van der Waals surface area contributed by atoms with Crippen molar-refractivity contribution >= 4 is 11.9 Å². The molecule has 0 bridgehead atoms. The molecule has 0 heterocycles. The molecule has 0 aromatic carbocycles. The van der Waals surface area contributed by atoms with Crippen LogP contribution in [0.2, 0.25) is 0 Å². The second kappa shape index (κ2) is 8.03. The van der Waals surface area contributed by atoms with Crippen molar-refractivity contribution in [2.24, 2.45) is 5.41 Å². The molecule has 0 fully saturated rings. The first-order chi connectivity index (χ1) is 7.98. The zero-order valence-electron chi connectivity index (χ0n) is 9.68. The normalized spacial score (nSPS) is 11.4. The summed E-state index contributed by atoms with van der Waals surface area (Å²) in [6, 6.07) is 0. The van der Waals surface area contributed by atoms with E-state index < -0.39 is 17.4 Å². The molecular formula is C11H18O6-2. The van der Waals surface area contributed by atoms with Gasteiger partial charge in [0.25, 0.3) is 0 Å². The number of hydrogen-bond acceptors (Lipinski definition) is 6. The Hall–Kier alpha value is -1.14. The van der Waals surface area contributed by atoms with E-state index in [0.29, 0.717) is 0 Å². The summed E-state index contributed by atoms with van der Waals surface area (Å²) in [5.74, 6) is -2.65. The summed E-state index contributed by atoms with van der Waals surface area (Å²) < 4.78 is 0. The Morgan fingerprint density at radius 2 is 1.41 bits per heavy atom. The van der Waals surface area contributed by atoms with Crippen LogP contribution in [0.5, 0.6) is 0 Å². The zero-order chi connectivity index (χ0) is 13.3. The number of carbonyl (C=O) groups excluding carboxylic acids is 2. The quantitative estimate of drug-likeness (QED) is 0.451. The van der Waals surface area contributed by atoms with E-state index in [9.17, 15) is 19.8 Å². The number of carbonyl (C=O) groups is 2. The summed E-state index contributed by atoms with van der Waals surface area (Å²) >= 11 is 0. The van der Waals surface area contributed by atoms with Gasteiger partial charge >= 0.3 is 0 Å². The molecule has 0 aromatic rings. The standard InChI is InChI=1S/C11H20O6/c12-7-1-4-11(10(16)17,5-2-8-13)6-3-9(14)15/h12-13H,1-8H2,(H,14,15)(H,16,17)/p-2. The minimum atomic E-state index is -1.33. The molecule has 6 heteroatoms. The van der Waals surface area contributed by atoms with E-state index in [1.54, 1.807) is 0 Å². The van der Waals surface area contributed by atoms with Crippen LogP contribution in [0.4, 0.5) is 0 Å². The van der Waals surface area contributed by atoms with E-state index >= 15 is 0 Å². The van der Waals surface area contributed by atoms with Crippen LogP contribution in [-0.2, 0) is 9.59 Å². The van der Waals surface area contributed by atoms with Crippen molar-refractivity contribution in [3.8, 4) is 0 Å². The average Bonchev–Trinajstić information content (AvgIpc) is 2.28. The van der Waals surface area contributed by atoms with Gasteiger partial charge in [-0.3, -0.25) is 0 Å². The van der Waals surface area contributed by atoms with Crippen LogP contribution < -0.4 is 10.2 Å². The lowest BCUT2D eigenvalue weighted by molar-refractivity contribution is -0.322. The molecule has 0 aliphatic carbocycles. The van der Waals surface area contributed by atoms with Crippen molar-refractivity contribution in [3.63, 3.8) is 0 Å². The number of carboxylic acids is 2. The maximum absolute atomic E-state index is 11.2. The van der Waals surface area contributed by atoms with E-state index in [0.717, 1.165) is 0 Å². The van der Waals surface area contributed by atoms with Gasteiger partial charge in [0.15, 0.2) is 0 Å². The molecule has 100 valence electrons. The van der Waals surface area contributed by atoms with Crippen molar-refractivity contribution in [2.75, 3.05) is 13.2 Å². The molecule has 0 aliphatic heterocycles. The lowest BCUT2D eigenvalue weighted by Gasteiger charge is -2.35. The molecule has 0 amide bonds. The summed E-state index contributed by atoms with van der Waals surface area (Å²) in [7, 11) is 0. The highest BCUT2D eigenvalue weighted by molar-refractivity contribution is 5.73. The lowest BCUT2D eigenvalue weighted by Crippen LogP contribution is -2.43. The minimum absolute atomic E-state index is 0.0995. The van der Waals surface area contributed by atoms with Crippen molar-refractivity contribution in [1.82, 2.24) is 0 Å². The van der Waals surface area contributed by atoms with Crippen LogP contribution in [0.15, 0.2) is 0 Å². The van der Waals surface area contributed by atoms with Gasteiger partial charge in [-0.2, -0.15) is 0 Å². The Bertz CT molecular complexity index is 242. The third kappa shape index (κ3) is 5.65. The maximum Gasteiger partial charge on any atom is 0.0476 e. The van der Waals surface area contributed by atoms with Gasteiger partial charge in [0, 0.05) is 30.6 Å². The van der Waals surface area contributed by atoms with Crippen LogP contribution in [0.25, 0.3) is 0 Å². The van der Waals surface area contributed by atoms with Gasteiger partial charge in [-0.1, -0.05) is 0 Å². The summed E-state index contributed by atoms with van der Waals surface area (Å²) in [6.45, 7) is -0.334. The number of aliphatic carboxylic acids is 2. The van der Waals surface area contributed by atoms with Crippen LogP contribution in [-0.4, -0.2) is 35.4 Å². The number of carboxylic acid groups (broad SMARTS) is 2. The molecule has 6 nitrogen and oxygen atoms in total. The summed E-state index contributed by atoms with van der Waals surface area (Å²) in [5.41, 5.74) is -1.30.